The molecule has 2 aromatic carbocycles. The van der Waals surface area contributed by atoms with Crippen molar-refractivity contribution >= 4 is 5.91 Å². The molecule has 4 rings (SSSR count). The predicted molar refractivity (Wildman–Crippen MR) is 122 cm³/mol. The van der Waals surface area contributed by atoms with E-state index >= 15 is 0 Å². The van der Waals surface area contributed by atoms with Crippen LogP contribution < -0.4 is 0 Å². The second-order valence-corrected chi connectivity index (χ2v) is 8.29. The fraction of sp³-hybridized carbons (Fsp3) is 0.296. The Bertz CT molecular complexity index is 974. The lowest BCUT2D eigenvalue weighted by molar-refractivity contribution is -0.139. The number of allylic oxidation sites excluding steroid dienone is 3. The Morgan fingerprint density at radius 1 is 1.13 bits per heavy atom. The van der Waals surface area contributed by atoms with Crippen molar-refractivity contribution in [2.45, 2.75) is 38.5 Å². The number of nitrogens with zero attached hydrogens (tertiary/aromatic N) is 1. The Morgan fingerprint density at radius 3 is 2.53 bits per heavy atom. The average Bonchev–Trinajstić information content (AvgIpc) is 3.23. The van der Waals surface area contributed by atoms with Gasteiger partial charge in [0.25, 0.3) is 0 Å². The third-order valence-corrected chi connectivity index (χ3v) is 6.13. The summed E-state index contributed by atoms with van der Waals surface area (Å²) in [7, 11) is 0. The van der Waals surface area contributed by atoms with E-state index < -0.39 is 5.72 Å². The number of fused-ring (bicyclic) bond motifs is 1. The van der Waals surface area contributed by atoms with E-state index in [2.05, 4.69) is 55.1 Å². The largest absolute Gasteiger partial charge is 0.353 e. The van der Waals surface area contributed by atoms with Gasteiger partial charge in [-0.2, -0.15) is 0 Å². The third kappa shape index (κ3) is 3.78. The molecule has 0 saturated carbocycles. The number of carbonyl (C=O) groups excluding carboxylic acids is 1. The molecular formula is C27H29NO2. The van der Waals surface area contributed by atoms with Crippen LogP contribution in [0.5, 0.6) is 0 Å². The zero-order valence-electron chi connectivity index (χ0n) is 17.8. The van der Waals surface area contributed by atoms with Crippen molar-refractivity contribution in [3.8, 4) is 11.1 Å². The summed E-state index contributed by atoms with van der Waals surface area (Å²) in [4.78, 5) is 15.0. The van der Waals surface area contributed by atoms with Crippen LogP contribution in [0.15, 0.2) is 91.1 Å². The van der Waals surface area contributed by atoms with Gasteiger partial charge in [-0.25, -0.2) is 0 Å². The highest BCUT2D eigenvalue weighted by Crippen LogP contribution is 2.45. The summed E-state index contributed by atoms with van der Waals surface area (Å²) in [5, 5.41) is 0. The van der Waals surface area contributed by atoms with E-state index in [-0.39, 0.29) is 17.9 Å². The molecule has 2 fully saturated rings. The molecule has 2 aliphatic rings. The first-order valence-electron chi connectivity index (χ1n) is 10.6. The van der Waals surface area contributed by atoms with Crippen LogP contribution in [0.2, 0.25) is 0 Å². The summed E-state index contributed by atoms with van der Waals surface area (Å²) in [6.45, 7) is 8.69. The molecule has 3 atom stereocenters. The van der Waals surface area contributed by atoms with E-state index in [9.17, 15) is 4.79 Å². The van der Waals surface area contributed by atoms with Gasteiger partial charge in [-0.3, -0.25) is 4.79 Å². The SMILES string of the molecule is C=C(/C=C\C=C/C)[C@@H]1CO[C@@]2(Cc3ccc(-c4ccccc4)cc3)C[C@@H](C)C(=O)N12. The van der Waals surface area contributed by atoms with Gasteiger partial charge in [0.15, 0.2) is 0 Å². The zero-order chi connectivity index (χ0) is 21.1. The van der Waals surface area contributed by atoms with Crippen molar-refractivity contribution in [1.29, 1.82) is 0 Å². The highest BCUT2D eigenvalue weighted by molar-refractivity contribution is 5.83. The van der Waals surface area contributed by atoms with Crippen LogP contribution in [-0.4, -0.2) is 29.2 Å². The molecule has 0 aromatic heterocycles. The molecule has 0 unspecified atom stereocenters. The molecule has 0 radical (unpaired) electrons. The van der Waals surface area contributed by atoms with Gasteiger partial charge in [-0.1, -0.05) is 92.4 Å². The maximum Gasteiger partial charge on any atom is 0.228 e. The Morgan fingerprint density at radius 2 is 1.83 bits per heavy atom. The lowest BCUT2D eigenvalue weighted by Gasteiger charge is -2.33. The standard InChI is InChI=1S/C27H29NO2/c1-4-5-7-10-20(2)25-19-30-27(17-21(3)26(29)28(25)27)18-22-13-15-24(16-14-22)23-11-8-6-9-12-23/h4-16,21,25H,2,17-19H2,1,3H3/b5-4-,10-7-/t21-,25+,27-/m1/s1. The minimum atomic E-state index is -0.577. The number of ether oxygens (including phenoxy) is 1. The van der Waals surface area contributed by atoms with Crippen molar-refractivity contribution in [3.63, 3.8) is 0 Å². The fourth-order valence-corrected chi connectivity index (χ4v) is 4.62. The molecule has 2 saturated heterocycles. The Kier molecular flexibility index (Phi) is 5.74. The molecule has 2 heterocycles. The maximum absolute atomic E-state index is 13.0. The van der Waals surface area contributed by atoms with Gasteiger partial charge in [0.1, 0.15) is 5.72 Å². The lowest BCUT2D eigenvalue weighted by atomic mass is 9.95. The maximum atomic E-state index is 13.0. The zero-order valence-corrected chi connectivity index (χ0v) is 17.8. The number of hydrogen-bond acceptors (Lipinski definition) is 2. The van der Waals surface area contributed by atoms with E-state index in [1.807, 2.05) is 49.1 Å². The summed E-state index contributed by atoms with van der Waals surface area (Å²) in [5.74, 6) is 0.127. The van der Waals surface area contributed by atoms with E-state index in [1.165, 1.54) is 16.7 Å². The van der Waals surface area contributed by atoms with Crippen molar-refractivity contribution < 1.29 is 9.53 Å². The highest BCUT2D eigenvalue weighted by atomic mass is 16.5. The quantitative estimate of drug-likeness (QED) is 0.596. The molecule has 3 nitrogen and oxygen atoms in total. The molecule has 154 valence electrons. The molecule has 0 bridgehead atoms. The first-order valence-corrected chi connectivity index (χ1v) is 10.6. The van der Waals surface area contributed by atoms with Crippen LogP contribution in [0.4, 0.5) is 0 Å². The lowest BCUT2D eigenvalue weighted by Crippen LogP contribution is -2.47. The highest BCUT2D eigenvalue weighted by Gasteiger charge is 2.57. The number of rotatable bonds is 6. The van der Waals surface area contributed by atoms with Crippen molar-refractivity contribution in [1.82, 2.24) is 4.90 Å². The third-order valence-electron chi connectivity index (χ3n) is 6.13. The molecule has 2 aromatic rings. The summed E-state index contributed by atoms with van der Waals surface area (Å²) in [5.41, 5.74) is 3.91. The summed E-state index contributed by atoms with van der Waals surface area (Å²) in [6, 6.07) is 18.9. The van der Waals surface area contributed by atoms with E-state index in [1.54, 1.807) is 0 Å². The molecule has 2 aliphatic heterocycles. The Labute approximate surface area is 179 Å². The van der Waals surface area contributed by atoms with Crippen LogP contribution in [0.1, 0.15) is 25.8 Å². The van der Waals surface area contributed by atoms with Crippen LogP contribution in [0, 0.1) is 5.92 Å². The van der Waals surface area contributed by atoms with Gasteiger partial charge in [-0.15, -0.1) is 0 Å². The molecular weight excluding hydrogens is 370 g/mol. The Hall–Kier alpha value is -2.91. The Balaban J connectivity index is 1.56. The van der Waals surface area contributed by atoms with E-state index in [0.29, 0.717) is 19.4 Å². The van der Waals surface area contributed by atoms with Crippen LogP contribution in [0.25, 0.3) is 11.1 Å². The molecule has 0 aliphatic carbocycles. The van der Waals surface area contributed by atoms with E-state index in [0.717, 1.165) is 5.57 Å². The molecule has 0 spiro atoms. The number of hydrogen-bond donors (Lipinski definition) is 0. The molecule has 1 amide bonds. The van der Waals surface area contributed by atoms with Gasteiger partial charge in [-0.05, 0) is 29.2 Å². The van der Waals surface area contributed by atoms with Gasteiger partial charge in [0, 0.05) is 18.8 Å². The number of benzene rings is 2. The smallest absolute Gasteiger partial charge is 0.228 e. The van der Waals surface area contributed by atoms with Crippen molar-refractivity contribution in [2.24, 2.45) is 5.92 Å². The first kappa shape index (κ1) is 20.4. The fourth-order valence-electron chi connectivity index (χ4n) is 4.62. The minimum Gasteiger partial charge on any atom is -0.353 e. The number of carbonyl (C=O) groups is 1. The van der Waals surface area contributed by atoms with Gasteiger partial charge in [0.2, 0.25) is 5.91 Å². The van der Waals surface area contributed by atoms with Crippen LogP contribution >= 0.6 is 0 Å². The summed E-state index contributed by atoms with van der Waals surface area (Å²) in [6.07, 6.45) is 9.30. The van der Waals surface area contributed by atoms with E-state index in [4.69, 9.17) is 4.74 Å². The second-order valence-electron chi connectivity index (χ2n) is 8.29. The molecule has 0 N–H and O–H groups in total. The van der Waals surface area contributed by atoms with Crippen molar-refractivity contribution in [2.75, 3.05) is 6.61 Å². The number of amides is 1. The van der Waals surface area contributed by atoms with Crippen LogP contribution in [0.3, 0.4) is 0 Å². The summed E-state index contributed by atoms with van der Waals surface area (Å²) >= 11 is 0. The summed E-state index contributed by atoms with van der Waals surface area (Å²) < 4.78 is 6.36. The second kappa shape index (κ2) is 8.45. The normalized spacial score (nSPS) is 26.1. The van der Waals surface area contributed by atoms with Crippen LogP contribution in [-0.2, 0) is 16.0 Å². The topological polar surface area (TPSA) is 29.5 Å². The average molecular weight is 400 g/mol. The van der Waals surface area contributed by atoms with Gasteiger partial charge < -0.3 is 9.64 Å². The van der Waals surface area contributed by atoms with Gasteiger partial charge in [0.05, 0.1) is 12.6 Å². The molecule has 3 heteroatoms. The minimum absolute atomic E-state index is 0.0382. The predicted octanol–water partition coefficient (Wildman–Crippen LogP) is 5.55. The monoisotopic (exact) mass is 399 g/mol. The first-order chi connectivity index (χ1) is 14.5. The molecule has 30 heavy (non-hydrogen) atoms. The van der Waals surface area contributed by atoms with Gasteiger partial charge >= 0.3 is 0 Å². The van der Waals surface area contributed by atoms with Crippen molar-refractivity contribution in [3.05, 3.63) is 96.6 Å².